The van der Waals surface area contributed by atoms with Crippen molar-refractivity contribution in [1.29, 1.82) is 0 Å². The monoisotopic (exact) mass is 387 g/mol. The van der Waals surface area contributed by atoms with Gasteiger partial charge in [0.15, 0.2) is 0 Å². The summed E-state index contributed by atoms with van der Waals surface area (Å²) in [6.07, 6.45) is 9.57. The Labute approximate surface area is 167 Å². The molecule has 0 fully saturated rings. The highest BCUT2D eigenvalue weighted by Crippen LogP contribution is 2.28. The van der Waals surface area contributed by atoms with Gasteiger partial charge in [0.1, 0.15) is 11.9 Å². The quantitative estimate of drug-likeness (QED) is 0.744. The lowest BCUT2D eigenvalue weighted by Gasteiger charge is -2.23. The summed E-state index contributed by atoms with van der Waals surface area (Å²) < 4.78 is 3.71. The summed E-state index contributed by atoms with van der Waals surface area (Å²) in [4.78, 5) is 19.4. The lowest BCUT2D eigenvalue weighted by molar-refractivity contribution is -0.118. The van der Waals surface area contributed by atoms with E-state index in [1.165, 1.54) is 0 Å². The van der Waals surface area contributed by atoms with Crippen molar-refractivity contribution in [1.82, 2.24) is 24.5 Å². The zero-order chi connectivity index (χ0) is 20.0. The number of fused-ring (bicyclic) bond motifs is 2. The summed E-state index contributed by atoms with van der Waals surface area (Å²) in [5.74, 6) is 0.748. The fraction of sp³-hybridized carbons (Fsp3) is 0.238. The molecule has 1 aromatic carbocycles. The zero-order valence-electron chi connectivity index (χ0n) is 16.3. The maximum absolute atomic E-state index is 13.0. The number of rotatable bonds is 4. The number of hydrogen-bond donors (Lipinski definition) is 1. The van der Waals surface area contributed by atoms with Crippen LogP contribution in [0.2, 0.25) is 0 Å². The van der Waals surface area contributed by atoms with Gasteiger partial charge in [-0.25, -0.2) is 0 Å². The van der Waals surface area contributed by atoms with E-state index in [2.05, 4.69) is 20.5 Å². The van der Waals surface area contributed by atoms with Crippen LogP contribution in [0.4, 0.5) is 5.69 Å². The van der Waals surface area contributed by atoms with E-state index in [4.69, 9.17) is 0 Å². The third-order valence-electron chi connectivity index (χ3n) is 5.22. The number of amidine groups is 1. The second-order valence-electron chi connectivity index (χ2n) is 7.24. The number of carbonyl (C=O) groups excluding carboxylic acids is 1. The molecule has 1 unspecified atom stereocenters. The Morgan fingerprint density at radius 2 is 2.14 bits per heavy atom. The van der Waals surface area contributed by atoms with Crippen LogP contribution in [0.5, 0.6) is 0 Å². The first kappa shape index (κ1) is 17.4. The molecule has 0 aliphatic carbocycles. The van der Waals surface area contributed by atoms with Gasteiger partial charge in [0.05, 0.1) is 35.7 Å². The molecule has 29 heavy (non-hydrogen) atoms. The van der Waals surface area contributed by atoms with Crippen molar-refractivity contribution < 1.29 is 4.79 Å². The minimum atomic E-state index is -0.342. The summed E-state index contributed by atoms with van der Waals surface area (Å²) in [5, 5.41) is 13.2. The highest BCUT2D eigenvalue weighted by Gasteiger charge is 2.32. The van der Waals surface area contributed by atoms with Crippen molar-refractivity contribution >= 4 is 28.3 Å². The number of aryl methyl sites for hydroxylation is 2. The lowest BCUT2D eigenvalue weighted by Crippen LogP contribution is -2.41. The second-order valence-corrected chi connectivity index (χ2v) is 7.24. The molecule has 1 N–H and O–H groups in total. The molecule has 0 radical (unpaired) electrons. The van der Waals surface area contributed by atoms with Crippen LogP contribution in [-0.2, 0) is 18.4 Å². The maximum Gasteiger partial charge on any atom is 0.249 e. The molecule has 2 aromatic heterocycles. The Balaban J connectivity index is 1.43. The molecule has 2 aliphatic heterocycles. The third kappa shape index (κ3) is 3.02. The van der Waals surface area contributed by atoms with Gasteiger partial charge < -0.3 is 10.2 Å². The summed E-state index contributed by atoms with van der Waals surface area (Å²) in [5.41, 5.74) is 3.54. The van der Waals surface area contributed by atoms with E-state index >= 15 is 0 Å². The average Bonchev–Trinajstić information content (AvgIpc) is 3.40. The Hall–Kier alpha value is -3.68. The number of aromatic nitrogens is 4. The lowest BCUT2D eigenvalue weighted by atomic mass is 10.1. The molecule has 2 aliphatic rings. The minimum Gasteiger partial charge on any atom is -0.324 e. The van der Waals surface area contributed by atoms with Gasteiger partial charge in [-0.2, -0.15) is 10.2 Å². The Morgan fingerprint density at radius 1 is 1.24 bits per heavy atom. The van der Waals surface area contributed by atoms with Gasteiger partial charge >= 0.3 is 0 Å². The molecular weight excluding hydrogens is 366 g/mol. The standard InChI is InChI=1S/C21H21N7O/c1-14-20-16(23-21(29)18-12-22-19-8-3-4-10-27(18)19)6-5-7-17(20)28(24-14)13-15-9-11-26(2)25-15/h3-11,18H,12-13H2,1-2H3,(H,23,29). The SMILES string of the molecule is Cc1nn(Cc2ccn(C)n2)c2cccc(NC(=O)C3CN=C4C=CC=CN43)c12. The Bertz CT molecular complexity index is 1200. The van der Waals surface area contributed by atoms with Gasteiger partial charge in [0.2, 0.25) is 5.91 Å². The van der Waals surface area contributed by atoms with E-state index in [0.717, 1.165) is 33.8 Å². The van der Waals surface area contributed by atoms with Crippen LogP contribution in [0.1, 0.15) is 11.4 Å². The van der Waals surface area contributed by atoms with Crippen LogP contribution < -0.4 is 5.32 Å². The summed E-state index contributed by atoms with van der Waals surface area (Å²) >= 11 is 0. The van der Waals surface area contributed by atoms with E-state index in [-0.39, 0.29) is 11.9 Å². The van der Waals surface area contributed by atoms with Crippen LogP contribution in [0.3, 0.4) is 0 Å². The first-order valence-corrected chi connectivity index (χ1v) is 9.53. The predicted octanol–water partition coefficient (Wildman–Crippen LogP) is 2.23. The molecule has 0 spiro atoms. The van der Waals surface area contributed by atoms with Gasteiger partial charge in [-0.1, -0.05) is 12.1 Å². The van der Waals surface area contributed by atoms with Gasteiger partial charge in [-0.05, 0) is 37.3 Å². The Kier molecular flexibility index (Phi) is 4.04. The number of carbonyl (C=O) groups is 1. The van der Waals surface area contributed by atoms with Crippen molar-refractivity contribution in [2.24, 2.45) is 12.0 Å². The molecule has 1 amide bonds. The molecule has 4 heterocycles. The number of hydrogen-bond acceptors (Lipinski definition) is 5. The molecule has 0 bridgehead atoms. The predicted molar refractivity (Wildman–Crippen MR) is 112 cm³/mol. The number of amides is 1. The molecular formula is C21H21N7O. The fourth-order valence-electron chi connectivity index (χ4n) is 3.88. The van der Waals surface area contributed by atoms with Crippen LogP contribution in [0.25, 0.3) is 10.9 Å². The van der Waals surface area contributed by atoms with E-state index in [0.29, 0.717) is 13.1 Å². The molecule has 146 valence electrons. The molecule has 8 nitrogen and oxygen atoms in total. The third-order valence-corrected chi connectivity index (χ3v) is 5.22. The normalized spacial score (nSPS) is 17.7. The fourth-order valence-corrected chi connectivity index (χ4v) is 3.88. The van der Waals surface area contributed by atoms with Crippen LogP contribution >= 0.6 is 0 Å². The highest BCUT2D eigenvalue weighted by atomic mass is 16.2. The molecule has 3 aromatic rings. The van der Waals surface area contributed by atoms with Crippen molar-refractivity contribution in [2.75, 3.05) is 11.9 Å². The van der Waals surface area contributed by atoms with E-state index in [9.17, 15) is 4.79 Å². The summed E-state index contributed by atoms with van der Waals surface area (Å²) in [6.45, 7) is 2.99. The van der Waals surface area contributed by atoms with Crippen LogP contribution in [-0.4, -0.2) is 48.8 Å². The smallest absolute Gasteiger partial charge is 0.249 e. The molecule has 8 heteroatoms. The van der Waals surface area contributed by atoms with E-state index in [1.807, 2.05) is 78.4 Å². The van der Waals surface area contributed by atoms with Gasteiger partial charge in [-0.3, -0.25) is 19.2 Å². The van der Waals surface area contributed by atoms with E-state index < -0.39 is 0 Å². The van der Waals surface area contributed by atoms with Gasteiger partial charge in [0.25, 0.3) is 0 Å². The minimum absolute atomic E-state index is 0.0759. The largest absolute Gasteiger partial charge is 0.324 e. The van der Waals surface area contributed by atoms with Crippen LogP contribution in [0.15, 0.2) is 59.9 Å². The number of benzene rings is 1. The topological polar surface area (TPSA) is 80.3 Å². The molecule has 5 rings (SSSR count). The number of anilines is 1. The highest BCUT2D eigenvalue weighted by molar-refractivity contribution is 6.07. The number of allylic oxidation sites excluding steroid dienone is 2. The van der Waals surface area contributed by atoms with Crippen molar-refractivity contribution in [3.05, 3.63) is 66.3 Å². The van der Waals surface area contributed by atoms with Crippen molar-refractivity contribution in [2.45, 2.75) is 19.5 Å². The first-order valence-electron chi connectivity index (χ1n) is 9.53. The number of nitrogens with one attached hydrogen (secondary N) is 1. The van der Waals surface area contributed by atoms with Crippen molar-refractivity contribution in [3.63, 3.8) is 0 Å². The number of nitrogens with zero attached hydrogens (tertiary/aromatic N) is 6. The summed E-state index contributed by atoms with van der Waals surface area (Å²) in [6, 6.07) is 7.51. The zero-order valence-corrected chi connectivity index (χ0v) is 16.3. The average molecular weight is 387 g/mol. The second kappa shape index (κ2) is 6.73. The number of aliphatic imine (C=N–C) groups is 1. The maximum atomic E-state index is 13.0. The molecule has 1 atom stereocenters. The van der Waals surface area contributed by atoms with Crippen molar-refractivity contribution in [3.8, 4) is 0 Å². The van der Waals surface area contributed by atoms with Gasteiger partial charge in [0, 0.05) is 24.8 Å². The molecule has 0 saturated heterocycles. The van der Waals surface area contributed by atoms with Gasteiger partial charge in [-0.15, -0.1) is 0 Å². The molecule has 0 saturated carbocycles. The first-order chi connectivity index (χ1) is 14.1. The Morgan fingerprint density at radius 3 is 2.97 bits per heavy atom. The van der Waals surface area contributed by atoms with Crippen LogP contribution in [0, 0.1) is 6.92 Å². The van der Waals surface area contributed by atoms with E-state index in [1.54, 1.807) is 4.68 Å². The summed E-state index contributed by atoms with van der Waals surface area (Å²) in [7, 11) is 1.90.